The van der Waals surface area contributed by atoms with E-state index in [1.807, 2.05) is 18.2 Å². The van der Waals surface area contributed by atoms with Crippen LogP contribution in [0.2, 0.25) is 5.02 Å². The Hall–Kier alpha value is -1.78. The minimum atomic E-state index is -1.16. The van der Waals surface area contributed by atoms with Crippen LogP contribution in [-0.4, -0.2) is 17.2 Å². The molecule has 1 aliphatic rings. The molecule has 2 aromatic rings. The van der Waals surface area contributed by atoms with Crippen molar-refractivity contribution in [3.8, 4) is 5.75 Å². The molecule has 0 bridgehead atoms. The summed E-state index contributed by atoms with van der Waals surface area (Å²) in [5.74, 6) is 1.00. The number of methoxy groups -OCH3 is 1. The Bertz CT molecular complexity index is 675. The van der Waals surface area contributed by atoms with E-state index in [9.17, 15) is 5.11 Å². The topological polar surface area (TPSA) is 68.4 Å². The fourth-order valence-electron chi connectivity index (χ4n) is 2.80. The van der Waals surface area contributed by atoms with E-state index in [4.69, 9.17) is 22.1 Å². The lowest BCUT2D eigenvalue weighted by atomic mass is 9.88. The van der Waals surface area contributed by atoms with Crippen LogP contribution in [0.1, 0.15) is 23.1 Å². The fraction of sp³-hybridized carbons (Fsp3) is 0.267. The summed E-state index contributed by atoms with van der Waals surface area (Å²) in [7, 11) is 1.60. The molecule has 0 amide bonds. The van der Waals surface area contributed by atoms with Crippen LogP contribution in [0.3, 0.4) is 0 Å². The Kier molecular flexibility index (Phi) is 3.07. The highest BCUT2D eigenvalue weighted by atomic mass is 35.5. The number of nitrogens with two attached hydrogens (primary N) is 1. The molecule has 0 fully saturated rings. The van der Waals surface area contributed by atoms with E-state index in [2.05, 4.69) is 4.98 Å². The number of ether oxygens (including phenoxy) is 1. The first-order valence-corrected chi connectivity index (χ1v) is 6.73. The number of nitrogen functional groups attached to an aromatic ring is 1. The number of halogens is 1. The summed E-state index contributed by atoms with van der Waals surface area (Å²) in [5.41, 5.74) is 7.22. The first-order valence-electron chi connectivity index (χ1n) is 6.36. The number of aliphatic hydroxyl groups is 1. The molecule has 1 atom stereocenters. The third-order valence-electron chi connectivity index (χ3n) is 3.85. The number of hydrogen-bond donors (Lipinski definition) is 2. The average molecular weight is 291 g/mol. The van der Waals surface area contributed by atoms with Gasteiger partial charge in [0.25, 0.3) is 0 Å². The maximum atomic E-state index is 11.1. The standard InChI is InChI=1S/C15H15ClN2O2/c1-20-11-3-2-9-4-5-15(19,12(9)7-11)13-6-10(16)8-18-14(13)17/h2-3,6-8,19H,4-5H2,1H3,(H2,17,18). The molecule has 4 nitrogen and oxygen atoms in total. The number of rotatable bonds is 2. The number of pyridine rings is 1. The van der Waals surface area contributed by atoms with Gasteiger partial charge in [-0.25, -0.2) is 4.98 Å². The zero-order chi connectivity index (χ0) is 14.3. The van der Waals surface area contributed by atoms with Crippen molar-refractivity contribution in [1.29, 1.82) is 0 Å². The summed E-state index contributed by atoms with van der Waals surface area (Å²) in [6, 6.07) is 7.39. The number of aromatic nitrogens is 1. The molecule has 0 saturated heterocycles. The Morgan fingerprint density at radius 1 is 1.35 bits per heavy atom. The Balaban J connectivity index is 2.18. The van der Waals surface area contributed by atoms with Gasteiger partial charge in [0.15, 0.2) is 0 Å². The summed E-state index contributed by atoms with van der Waals surface area (Å²) < 4.78 is 5.24. The van der Waals surface area contributed by atoms with Gasteiger partial charge in [0.1, 0.15) is 17.2 Å². The van der Waals surface area contributed by atoms with E-state index in [0.29, 0.717) is 28.6 Å². The lowest BCUT2D eigenvalue weighted by Gasteiger charge is -2.26. The predicted octanol–water partition coefficient (Wildman–Crippen LogP) is 2.51. The molecule has 1 aromatic carbocycles. The molecule has 3 N–H and O–H groups in total. The van der Waals surface area contributed by atoms with Crippen molar-refractivity contribution in [3.63, 3.8) is 0 Å². The number of fused-ring (bicyclic) bond motifs is 1. The van der Waals surface area contributed by atoms with Gasteiger partial charge in [0, 0.05) is 11.8 Å². The van der Waals surface area contributed by atoms with Gasteiger partial charge in [-0.2, -0.15) is 0 Å². The van der Waals surface area contributed by atoms with Gasteiger partial charge in [0.05, 0.1) is 12.1 Å². The molecule has 3 rings (SSSR count). The molecule has 0 saturated carbocycles. The van der Waals surface area contributed by atoms with Crippen LogP contribution in [0.4, 0.5) is 5.82 Å². The molecule has 5 heteroatoms. The van der Waals surface area contributed by atoms with Crippen LogP contribution in [0.5, 0.6) is 5.75 Å². The van der Waals surface area contributed by atoms with Crippen molar-refractivity contribution < 1.29 is 9.84 Å². The summed E-state index contributed by atoms with van der Waals surface area (Å²) in [5, 5.41) is 11.6. The summed E-state index contributed by atoms with van der Waals surface area (Å²) >= 11 is 5.99. The smallest absolute Gasteiger partial charge is 0.129 e. The van der Waals surface area contributed by atoms with Crippen LogP contribution >= 0.6 is 11.6 Å². The second-order valence-electron chi connectivity index (χ2n) is 4.97. The van der Waals surface area contributed by atoms with Crippen LogP contribution in [0, 0.1) is 0 Å². The van der Waals surface area contributed by atoms with E-state index in [0.717, 1.165) is 17.5 Å². The minimum absolute atomic E-state index is 0.299. The van der Waals surface area contributed by atoms with E-state index < -0.39 is 5.60 Å². The van der Waals surface area contributed by atoms with Crippen molar-refractivity contribution in [2.45, 2.75) is 18.4 Å². The van der Waals surface area contributed by atoms with Crippen LogP contribution in [-0.2, 0) is 12.0 Å². The van der Waals surface area contributed by atoms with Gasteiger partial charge < -0.3 is 15.6 Å². The van der Waals surface area contributed by atoms with Gasteiger partial charge in [-0.15, -0.1) is 0 Å². The molecule has 1 aromatic heterocycles. The highest BCUT2D eigenvalue weighted by Crippen LogP contribution is 2.45. The van der Waals surface area contributed by atoms with Gasteiger partial charge in [0.2, 0.25) is 0 Å². The van der Waals surface area contributed by atoms with E-state index in [1.165, 1.54) is 6.20 Å². The van der Waals surface area contributed by atoms with Crippen molar-refractivity contribution in [3.05, 3.63) is 52.2 Å². The minimum Gasteiger partial charge on any atom is -0.497 e. The number of aryl methyl sites for hydroxylation is 1. The van der Waals surface area contributed by atoms with Gasteiger partial charge in [-0.1, -0.05) is 17.7 Å². The normalized spacial score (nSPS) is 20.8. The third kappa shape index (κ3) is 1.92. The number of benzene rings is 1. The SMILES string of the molecule is COc1ccc2c(c1)C(O)(c1cc(Cl)cnc1N)CC2. The van der Waals surface area contributed by atoms with E-state index in [1.54, 1.807) is 13.2 Å². The second-order valence-corrected chi connectivity index (χ2v) is 5.41. The van der Waals surface area contributed by atoms with Crippen LogP contribution < -0.4 is 10.5 Å². The molecule has 1 unspecified atom stereocenters. The van der Waals surface area contributed by atoms with E-state index >= 15 is 0 Å². The molecular formula is C15H15ClN2O2. The molecule has 104 valence electrons. The number of anilines is 1. The Morgan fingerprint density at radius 2 is 2.15 bits per heavy atom. The third-order valence-corrected chi connectivity index (χ3v) is 4.06. The quantitative estimate of drug-likeness (QED) is 0.892. The molecular weight excluding hydrogens is 276 g/mol. The zero-order valence-electron chi connectivity index (χ0n) is 11.1. The van der Waals surface area contributed by atoms with Crippen molar-refractivity contribution in [2.75, 3.05) is 12.8 Å². The number of hydrogen-bond acceptors (Lipinski definition) is 4. The average Bonchev–Trinajstić information content (AvgIpc) is 2.79. The zero-order valence-corrected chi connectivity index (χ0v) is 11.8. The first kappa shape index (κ1) is 13.2. The maximum absolute atomic E-state index is 11.1. The number of nitrogens with zero attached hydrogens (tertiary/aromatic N) is 1. The lowest BCUT2D eigenvalue weighted by Crippen LogP contribution is -2.25. The van der Waals surface area contributed by atoms with E-state index in [-0.39, 0.29) is 0 Å². The summed E-state index contributed by atoms with van der Waals surface area (Å²) in [4.78, 5) is 4.04. The summed E-state index contributed by atoms with van der Waals surface area (Å²) in [6.07, 6.45) is 2.81. The molecule has 20 heavy (non-hydrogen) atoms. The van der Waals surface area contributed by atoms with Crippen LogP contribution in [0.25, 0.3) is 0 Å². The molecule has 1 aliphatic carbocycles. The Morgan fingerprint density at radius 3 is 2.90 bits per heavy atom. The van der Waals surface area contributed by atoms with Gasteiger partial charge >= 0.3 is 0 Å². The highest BCUT2D eigenvalue weighted by molar-refractivity contribution is 6.30. The van der Waals surface area contributed by atoms with Crippen LogP contribution in [0.15, 0.2) is 30.5 Å². The van der Waals surface area contributed by atoms with Crippen molar-refractivity contribution >= 4 is 17.4 Å². The van der Waals surface area contributed by atoms with Gasteiger partial charge in [-0.05, 0) is 42.2 Å². The second kappa shape index (κ2) is 4.65. The molecule has 0 spiro atoms. The largest absolute Gasteiger partial charge is 0.497 e. The predicted molar refractivity (Wildman–Crippen MR) is 78.0 cm³/mol. The lowest BCUT2D eigenvalue weighted by molar-refractivity contribution is 0.0832. The van der Waals surface area contributed by atoms with Crippen molar-refractivity contribution in [1.82, 2.24) is 4.98 Å². The van der Waals surface area contributed by atoms with Crippen molar-refractivity contribution in [2.24, 2.45) is 0 Å². The maximum Gasteiger partial charge on any atom is 0.129 e. The monoisotopic (exact) mass is 290 g/mol. The first-order chi connectivity index (χ1) is 9.54. The Labute approximate surface area is 122 Å². The highest BCUT2D eigenvalue weighted by Gasteiger charge is 2.40. The van der Waals surface area contributed by atoms with Gasteiger partial charge in [-0.3, -0.25) is 0 Å². The molecule has 1 heterocycles. The fourth-order valence-corrected chi connectivity index (χ4v) is 2.95. The summed E-state index contributed by atoms with van der Waals surface area (Å²) in [6.45, 7) is 0. The molecule has 0 aliphatic heterocycles. The molecule has 0 radical (unpaired) electrons.